The lowest BCUT2D eigenvalue weighted by Crippen LogP contribution is -2.34. The van der Waals surface area contributed by atoms with Crippen LogP contribution in [0.4, 0.5) is 5.69 Å². The molecular weight excluding hydrogens is 470 g/mol. The molecule has 0 saturated heterocycles. The normalized spacial score (nSPS) is 19.5. The SMILES string of the molecule is O=[N+]([O-])c1ccc(Cl)c([C@H]2Oc3ccc(Br)cc3[C@@H]3CC(c4ccccc4)=NN23)c1. The van der Waals surface area contributed by atoms with E-state index in [2.05, 4.69) is 15.9 Å². The van der Waals surface area contributed by atoms with Gasteiger partial charge in [-0.1, -0.05) is 57.9 Å². The van der Waals surface area contributed by atoms with Gasteiger partial charge in [0.15, 0.2) is 0 Å². The summed E-state index contributed by atoms with van der Waals surface area (Å²) in [6.45, 7) is 0. The van der Waals surface area contributed by atoms with Crippen LogP contribution < -0.4 is 4.74 Å². The zero-order valence-electron chi connectivity index (χ0n) is 15.5. The van der Waals surface area contributed by atoms with Gasteiger partial charge in [-0.15, -0.1) is 0 Å². The Hall–Kier alpha value is -2.90. The van der Waals surface area contributed by atoms with Crippen molar-refractivity contribution in [1.29, 1.82) is 0 Å². The molecule has 0 radical (unpaired) electrons. The van der Waals surface area contributed by atoms with Crippen LogP contribution in [0.2, 0.25) is 5.02 Å². The van der Waals surface area contributed by atoms with Gasteiger partial charge in [-0.05, 0) is 29.8 Å². The third kappa shape index (κ3) is 3.24. The Kier molecular flexibility index (Phi) is 4.72. The number of hydrogen-bond donors (Lipinski definition) is 0. The Bertz CT molecular complexity index is 1190. The van der Waals surface area contributed by atoms with E-state index in [1.165, 1.54) is 18.2 Å². The van der Waals surface area contributed by atoms with Crippen LogP contribution in [0.5, 0.6) is 5.75 Å². The Labute approximate surface area is 186 Å². The van der Waals surface area contributed by atoms with Crippen molar-refractivity contribution >= 4 is 38.9 Å². The third-order valence-electron chi connectivity index (χ3n) is 5.32. The number of ether oxygens (including phenoxy) is 1. The summed E-state index contributed by atoms with van der Waals surface area (Å²) in [5.74, 6) is 0.719. The first-order chi connectivity index (χ1) is 14.5. The molecule has 6 nitrogen and oxygen atoms in total. The molecule has 8 heteroatoms. The molecule has 150 valence electrons. The number of hydrazone groups is 1. The molecule has 3 aromatic rings. The molecule has 0 fully saturated rings. The van der Waals surface area contributed by atoms with Gasteiger partial charge < -0.3 is 4.74 Å². The molecule has 30 heavy (non-hydrogen) atoms. The van der Waals surface area contributed by atoms with Crippen molar-refractivity contribution in [3.63, 3.8) is 0 Å². The van der Waals surface area contributed by atoms with Gasteiger partial charge in [-0.2, -0.15) is 5.10 Å². The fraction of sp³-hybridized carbons (Fsp3) is 0.136. The van der Waals surface area contributed by atoms with Crippen molar-refractivity contribution in [3.8, 4) is 5.75 Å². The minimum Gasteiger partial charge on any atom is -0.464 e. The molecule has 2 aliphatic rings. The molecule has 0 spiro atoms. The van der Waals surface area contributed by atoms with E-state index in [1.54, 1.807) is 0 Å². The van der Waals surface area contributed by atoms with E-state index in [4.69, 9.17) is 21.4 Å². The van der Waals surface area contributed by atoms with Crippen molar-refractivity contribution in [2.45, 2.75) is 18.7 Å². The molecule has 2 aliphatic heterocycles. The lowest BCUT2D eigenvalue weighted by molar-refractivity contribution is -0.385. The first-order valence-corrected chi connectivity index (χ1v) is 10.5. The number of hydrogen-bond acceptors (Lipinski definition) is 5. The number of nitro benzene ring substituents is 1. The monoisotopic (exact) mass is 483 g/mol. The molecule has 0 N–H and O–H groups in total. The summed E-state index contributed by atoms with van der Waals surface area (Å²) in [6, 6.07) is 20.1. The largest absolute Gasteiger partial charge is 0.464 e. The number of fused-ring (bicyclic) bond motifs is 3. The van der Waals surface area contributed by atoms with Gasteiger partial charge in [0, 0.05) is 39.2 Å². The average Bonchev–Trinajstić information content (AvgIpc) is 3.20. The Balaban J connectivity index is 1.64. The van der Waals surface area contributed by atoms with Crippen LogP contribution in [0.15, 0.2) is 76.3 Å². The second-order valence-corrected chi connectivity index (χ2v) is 8.45. The molecule has 2 heterocycles. The molecule has 2 atom stereocenters. The first-order valence-electron chi connectivity index (χ1n) is 9.32. The highest BCUT2D eigenvalue weighted by molar-refractivity contribution is 9.10. The minimum absolute atomic E-state index is 0.0392. The van der Waals surface area contributed by atoms with Crippen LogP contribution in [-0.4, -0.2) is 15.6 Å². The average molecular weight is 485 g/mol. The molecule has 0 aromatic heterocycles. The lowest BCUT2D eigenvalue weighted by atomic mass is 9.96. The van der Waals surface area contributed by atoms with Crippen molar-refractivity contribution in [2.24, 2.45) is 5.10 Å². The van der Waals surface area contributed by atoms with Crippen molar-refractivity contribution in [3.05, 3.63) is 103 Å². The molecule has 0 aliphatic carbocycles. The van der Waals surface area contributed by atoms with E-state index in [-0.39, 0.29) is 11.7 Å². The zero-order chi connectivity index (χ0) is 20.8. The van der Waals surface area contributed by atoms with Crippen LogP contribution in [0.1, 0.15) is 35.4 Å². The number of benzene rings is 3. The molecule has 3 aromatic carbocycles. The van der Waals surface area contributed by atoms with E-state index in [1.807, 2.05) is 53.5 Å². The smallest absolute Gasteiger partial charge is 0.270 e. The molecule has 5 rings (SSSR count). The van der Waals surface area contributed by atoms with Crippen LogP contribution in [-0.2, 0) is 0 Å². The minimum atomic E-state index is -0.669. The van der Waals surface area contributed by atoms with E-state index >= 15 is 0 Å². The van der Waals surface area contributed by atoms with Gasteiger partial charge in [-0.3, -0.25) is 10.1 Å². The summed E-state index contributed by atoms with van der Waals surface area (Å²) < 4.78 is 7.23. The predicted molar refractivity (Wildman–Crippen MR) is 118 cm³/mol. The number of non-ortho nitro benzene ring substituents is 1. The topological polar surface area (TPSA) is 68.0 Å². The Morgan fingerprint density at radius 3 is 2.67 bits per heavy atom. The van der Waals surface area contributed by atoms with Crippen molar-refractivity contribution in [1.82, 2.24) is 5.01 Å². The van der Waals surface area contributed by atoms with Crippen LogP contribution in [0.25, 0.3) is 0 Å². The molecule has 0 saturated carbocycles. The maximum Gasteiger partial charge on any atom is 0.270 e. The summed E-state index contributed by atoms with van der Waals surface area (Å²) in [5, 5.41) is 18.4. The van der Waals surface area contributed by atoms with Crippen molar-refractivity contribution in [2.75, 3.05) is 0 Å². The molecular formula is C22H15BrClN3O3. The summed E-state index contributed by atoms with van der Waals surface area (Å²) in [6.07, 6.45) is 0.0251. The first kappa shape index (κ1) is 19.1. The number of rotatable bonds is 3. The van der Waals surface area contributed by atoms with Gasteiger partial charge in [0.1, 0.15) is 5.75 Å². The summed E-state index contributed by atoms with van der Waals surface area (Å²) in [4.78, 5) is 10.9. The number of nitrogens with zero attached hydrogens (tertiary/aromatic N) is 3. The van der Waals surface area contributed by atoms with Crippen LogP contribution >= 0.6 is 27.5 Å². The third-order valence-corrected chi connectivity index (χ3v) is 6.15. The molecule has 0 bridgehead atoms. The molecule has 0 amide bonds. The fourth-order valence-electron chi connectivity index (χ4n) is 3.90. The van der Waals surface area contributed by atoms with Gasteiger partial charge in [-0.25, -0.2) is 5.01 Å². The maximum atomic E-state index is 11.3. The van der Waals surface area contributed by atoms with E-state index in [0.717, 1.165) is 27.1 Å². The summed E-state index contributed by atoms with van der Waals surface area (Å²) in [5.41, 5.74) is 3.46. The maximum absolute atomic E-state index is 11.3. The number of halogens is 2. The lowest BCUT2D eigenvalue weighted by Gasteiger charge is -2.38. The quantitative estimate of drug-likeness (QED) is 0.325. The van der Waals surface area contributed by atoms with E-state index < -0.39 is 11.2 Å². The predicted octanol–water partition coefficient (Wildman–Crippen LogP) is 6.25. The van der Waals surface area contributed by atoms with Gasteiger partial charge >= 0.3 is 0 Å². The van der Waals surface area contributed by atoms with E-state index in [0.29, 0.717) is 17.0 Å². The standard InChI is InChI=1S/C22H15BrClN3O3/c23-14-6-9-21-17(10-14)20-12-19(13-4-2-1-3-5-13)25-26(20)22(30-21)16-11-15(27(28)29)7-8-18(16)24/h1-11,20,22H,12H2/t20-,22+/m0/s1. The van der Waals surface area contributed by atoms with Crippen LogP contribution in [0, 0.1) is 10.1 Å². The Morgan fingerprint density at radius 1 is 1.10 bits per heavy atom. The summed E-state index contributed by atoms with van der Waals surface area (Å²) in [7, 11) is 0. The Morgan fingerprint density at radius 2 is 1.90 bits per heavy atom. The summed E-state index contributed by atoms with van der Waals surface area (Å²) >= 11 is 9.98. The van der Waals surface area contributed by atoms with E-state index in [9.17, 15) is 10.1 Å². The highest BCUT2D eigenvalue weighted by atomic mass is 79.9. The van der Waals surface area contributed by atoms with Gasteiger partial charge in [0.25, 0.3) is 5.69 Å². The fourth-order valence-corrected chi connectivity index (χ4v) is 4.49. The highest BCUT2D eigenvalue weighted by Crippen LogP contribution is 2.49. The van der Waals surface area contributed by atoms with Gasteiger partial charge in [0.2, 0.25) is 6.23 Å². The zero-order valence-corrected chi connectivity index (χ0v) is 17.9. The van der Waals surface area contributed by atoms with Gasteiger partial charge in [0.05, 0.1) is 16.7 Å². The van der Waals surface area contributed by atoms with Crippen LogP contribution in [0.3, 0.4) is 0 Å². The second kappa shape index (κ2) is 7.41. The highest BCUT2D eigenvalue weighted by Gasteiger charge is 2.42. The van der Waals surface area contributed by atoms with Crippen molar-refractivity contribution < 1.29 is 9.66 Å². The number of nitro groups is 1. The second-order valence-electron chi connectivity index (χ2n) is 7.13. The molecule has 0 unspecified atom stereocenters.